The minimum atomic E-state index is 0.0695. The van der Waals surface area contributed by atoms with Gasteiger partial charge in [0.1, 0.15) is 5.82 Å². The summed E-state index contributed by atoms with van der Waals surface area (Å²) in [4.78, 5) is 21.2. The molecular weight excluding hydrogens is 278 g/mol. The van der Waals surface area contributed by atoms with Gasteiger partial charge >= 0.3 is 0 Å². The van der Waals surface area contributed by atoms with Crippen LogP contribution in [-0.2, 0) is 12.8 Å². The fraction of sp³-hybridized carbons (Fsp3) is 0.438. The van der Waals surface area contributed by atoms with Crippen LogP contribution in [0.2, 0.25) is 0 Å². The fourth-order valence-corrected chi connectivity index (χ4v) is 3.33. The quantitative estimate of drug-likeness (QED) is 0.906. The van der Waals surface area contributed by atoms with Crippen LogP contribution in [0.15, 0.2) is 24.4 Å². The second kappa shape index (κ2) is 5.44. The van der Waals surface area contributed by atoms with Crippen molar-refractivity contribution >= 4 is 11.7 Å². The van der Waals surface area contributed by atoms with Crippen LogP contribution in [-0.4, -0.2) is 52.2 Å². The van der Waals surface area contributed by atoms with Crippen molar-refractivity contribution in [1.29, 1.82) is 0 Å². The van der Waals surface area contributed by atoms with E-state index in [1.807, 2.05) is 23.1 Å². The van der Waals surface area contributed by atoms with Crippen LogP contribution in [0.25, 0.3) is 0 Å². The highest BCUT2D eigenvalue weighted by Gasteiger charge is 2.28. The molecule has 1 saturated heterocycles. The van der Waals surface area contributed by atoms with Crippen molar-refractivity contribution < 1.29 is 4.79 Å². The predicted octanol–water partition coefficient (Wildman–Crippen LogP) is 1.26. The third-order valence-electron chi connectivity index (χ3n) is 4.55. The molecule has 4 rings (SSSR count). The lowest BCUT2D eigenvalue weighted by Crippen LogP contribution is -2.49. The largest absolute Gasteiger partial charge is 0.353 e. The van der Waals surface area contributed by atoms with Crippen LogP contribution >= 0.6 is 0 Å². The van der Waals surface area contributed by atoms with Crippen molar-refractivity contribution in [3.8, 4) is 0 Å². The Bertz CT molecular complexity index is 673. The zero-order chi connectivity index (χ0) is 14.9. The first-order valence-corrected chi connectivity index (χ1v) is 7.84. The number of piperazine rings is 1. The Hall–Kier alpha value is -2.37. The van der Waals surface area contributed by atoms with Gasteiger partial charge in [-0.25, -0.2) is 4.98 Å². The van der Waals surface area contributed by atoms with Gasteiger partial charge in [0.05, 0.1) is 0 Å². The Morgan fingerprint density at radius 1 is 1.14 bits per heavy atom. The maximum Gasteiger partial charge on any atom is 0.274 e. The molecule has 0 atom stereocenters. The van der Waals surface area contributed by atoms with Gasteiger partial charge < -0.3 is 9.80 Å². The Balaban J connectivity index is 1.44. The van der Waals surface area contributed by atoms with Gasteiger partial charge in [0.25, 0.3) is 5.91 Å². The van der Waals surface area contributed by atoms with Gasteiger partial charge in [-0.2, -0.15) is 5.10 Å². The second-order valence-electron chi connectivity index (χ2n) is 5.85. The SMILES string of the molecule is O=C(c1n[nH]c2c1CCC2)N1CCN(c2ccccn2)CC1. The summed E-state index contributed by atoms with van der Waals surface area (Å²) in [7, 11) is 0. The molecule has 1 amide bonds. The molecule has 1 aliphatic carbocycles. The lowest BCUT2D eigenvalue weighted by atomic mass is 10.1. The van der Waals surface area contributed by atoms with Crippen LogP contribution in [0, 0.1) is 0 Å². The molecule has 0 bridgehead atoms. The van der Waals surface area contributed by atoms with E-state index in [0.717, 1.165) is 62.5 Å². The van der Waals surface area contributed by atoms with Gasteiger partial charge in [0, 0.05) is 43.6 Å². The topological polar surface area (TPSA) is 65.1 Å². The smallest absolute Gasteiger partial charge is 0.274 e. The number of aromatic nitrogens is 3. The van der Waals surface area contributed by atoms with Crippen molar-refractivity contribution in [1.82, 2.24) is 20.1 Å². The molecule has 0 radical (unpaired) electrons. The number of aromatic amines is 1. The number of carbonyl (C=O) groups excluding carboxylic acids is 1. The Morgan fingerprint density at radius 3 is 2.77 bits per heavy atom. The normalized spacial score (nSPS) is 17.6. The number of anilines is 1. The first kappa shape index (κ1) is 13.3. The molecule has 0 saturated carbocycles. The Kier molecular flexibility index (Phi) is 3.29. The molecule has 1 N–H and O–H groups in total. The van der Waals surface area contributed by atoms with E-state index in [2.05, 4.69) is 20.1 Å². The zero-order valence-electron chi connectivity index (χ0n) is 12.5. The second-order valence-corrected chi connectivity index (χ2v) is 5.85. The average Bonchev–Trinajstić information content (AvgIpc) is 3.18. The molecule has 2 aromatic rings. The molecular formula is C16H19N5O. The van der Waals surface area contributed by atoms with Crippen molar-refractivity contribution in [2.75, 3.05) is 31.1 Å². The summed E-state index contributed by atoms with van der Waals surface area (Å²) in [6, 6.07) is 5.92. The monoisotopic (exact) mass is 297 g/mol. The summed E-state index contributed by atoms with van der Waals surface area (Å²) >= 11 is 0. The van der Waals surface area contributed by atoms with Crippen LogP contribution in [0.4, 0.5) is 5.82 Å². The Labute approximate surface area is 129 Å². The maximum absolute atomic E-state index is 12.7. The number of aryl methyl sites for hydroxylation is 1. The summed E-state index contributed by atoms with van der Waals surface area (Å²) in [6.07, 6.45) is 4.92. The number of rotatable bonds is 2. The zero-order valence-corrected chi connectivity index (χ0v) is 12.5. The lowest BCUT2D eigenvalue weighted by molar-refractivity contribution is 0.0739. The van der Waals surface area contributed by atoms with E-state index in [1.165, 1.54) is 0 Å². The van der Waals surface area contributed by atoms with Crippen LogP contribution in [0.5, 0.6) is 0 Å². The van der Waals surface area contributed by atoms with Gasteiger partial charge in [0.2, 0.25) is 0 Å². The molecule has 22 heavy (non-hydrogen) atoms. The summed E-state index contributed by atoms with van der Waals surface area (Å²) in [5.74, 6) is 1.05. The third-order valence-corrected chi connectivity index (χ3v) is 4.55. The fourth-order valence-electron chi connectivity index (χ4n) is 3.33. The van der Waals surface area contributed by atoms with Crippen molar-refractivity contribution in [3.05, 3.63) is 41.3 Å². The number of nitrogens with one attached hydrogen (secondary N) is 1. The van der Waals surface area contributed by atoms with E-state index in [0.29, 0.717) is 5.69 Å². The highest BCUT2D eigenvalue weighted by Crippen LogP contribution is 2.24. The number of hydrogen-bond donors (Lipinski definition) is 1. The standard InChI is InChI=1S/C16H19N5O/c22-16(15-12-4-3-5-13(12)18-19-15)21-10-8-20(9-11-21)14-6-1-2-7-17-14/h1-2,6-7H,3-5,8-11H2,(H,18,19). The van der Waals surface area contributed by atoms with Gasteiger partial charge in [-0.3, -0.25) is 9.89 Å². The molecule has 1 aliphatic heterocycles. The molecule has 2 aromatic heterocycles. The summed E-state index contributed by atoms with van der Waals surface area (Å²) in [6.45, 7) is 3.07. The number of carbonyl (C=O) groups is 1. The summed E-state index contributed by atoms with van der Waals surface area (Å²) in [5.41, 5.74) is 2.92. The van der Waals surface area contributed by atoms with Crippen LogP contribution in [0.3, 0.4) is 0 Å². The molecule has 0 aromatic carbocycles. The summed E-state index contributed by atoms with van der Waals surface area (Å²) < 4.78 is 0. The molecule has 0 unspecified atom stereocenters. The third kappa shape index (κ3) is 2.24. The van der Waals surface area contributed by atoms with E-state index >= 15 is 0 Å². The van der Waals surface area contributed by atoms with Gasteiger partial charge in [-0.15, -0.1) is 0 Å². The number of hydrogen-bond acceptors (Lipinski definition) is 4. The van der Waals surface area contributed by atoms with E-state index in [1.54, 1.807) is 6.20 Å². The van der Waals surface area contributed by atoms with E-state index in [-0.39, 0.29) is 5.91 Å². The molecule has 0 spiro atoms. The minimum Gasteiger partial charge on any atom is -0.353 e. The van der Waals surface area contributed by atoms with Gasteiger partial charge in [-0.1, -0.05) is 6.07 Å². The van der Waals surface area contributed by atoms with Crippen LogP contribution < -0.4 is 4.90 Å². The number of pyridine rings is 1. The number of nitrogens with zero attached hydrogens (tertiary/aromatic N) is 4. The Morgan fingerprint density at radius 2 is 2.00 bits per heavy atom. The first-order valence-electron chi connectivity index (χ1n) is 7.84. The molecule has 114 valence electrons. The highest BCUT2D eigenvalue weighted by molar-refractivity contribution is 5.94. The summed E-state index contributed by atoms with van der Waals surface area (Å²) in [5, 5.41) is 7.27. The van der Waals surface area contributed by atoms with Gasteiger partial charge in [-0.05, 0) is 31.4 Å². The van der Waals surface area contributed by atoms with Crippen molar-refractivity contribution in [2.24, 2.45) is 0 Å². The average molecular weight is 297 g/mol. The lowest BCUT2D eigenvalue weighted by Gasteiger charge is -2.35. The van der Waals surface area contributed by atoms with Crippen LogP contribution in [0.1, 0.15) is 28.2 Å². The maximum atomic E-state index is 12.7. The number of amides is 1. The number of fused-ring (bicyclic) bond motifs is 1. The predicted molar refractivity (Wildman–Crippen MR) is 83.0 cm³/mol. The van der Waals surface area contributed by atoms with E-state index in [9.17, 15) is 4.79 Å². The first-order chi connectivity index (χ1) is 10.8. The van der Waals surface area contributed by atoms with E-state index in [4.69, 9.17) is 0 Å². The molecule has 6 heteroatoms. The molecule has 6 nitrogen and oxygen atoms in total. The van der Waals surface area contributed by atoms with Crippen molar-refractivity contribution in [2.45, 2.75) is 19.3 Å². The molecule has 1 fully saturated rings. The van der Waals surface area contributed by atoms with E-state index < -0.39 is 0 Å². The molecule has 2 aliphatic rings. The molecule has 3 heterocycles. The number of H-pyrrole nitrogens is 1. The van der Waals surface area contributed by atoms with Gasteiger partial charge in [0.15, 0.2) is 5.69 Å². The van der Waals surface area contributed by atoms with Crippen molar-refractivity contribution in [3.63, 3.8) is 0 Å². The minimum absolute atomic E-state index is 0.0695. The highest BCUT2D eigenvalue weighted by atomic mass is 16.2.